The Labute approximate surface area is 68.8 Å². The van der Waals surface area contributed by atoms with Gasteiger partial charge in [0.1, 0.15) is 0 Å². The zero-order valence-electron chi connectivity index (χ0n) is 5.52. The molecule has 0 saturated heterocycles. The fourth-order valence-corrected chi connectivity index (χ4v) is 1.18. The average Bonchev–Trinajstić information content (AvgIpc) is 1.69. The Morgan fingerprint density at radius 2 is 1.75 bits per heavy atom. The Morgan fingerprint density at radius 1 is 1.12 bits per heavy atom. The maximum Gasteiger partial charge on any atom is -0.147 e. The minimum Gasteiger partial charge on any atom is -0.147 e. The number of hydrogen-bond donors (Lipinski definition) is 0. The van der Waals surface area contributed by atoms with Gasteiger partial charge in [0.05, 0.1) is 0 Å². The van der Waals surface area contributed by atoms with E-state index in [0.717, 1.165) is 0 Å². The van der Waals surface area contributed by atoms with Gasteiger partial charge in [0.25, 0.3) is 0 Å². The Kier molecular flexibility index (Phi) is 15.8. The first-order chi connectivity index (χ1) is 3.41. The zero-order chi connectivity index (χ0) is 5.54. The van der Waals surface area contributed by atoms with Crippen LogP contribution in [0.1, 0.15) is 32.6 Å². The molecule has 0 aliphatic rings. The first-order valence-corrected chi connectivity index (χ1v) is 4.83. The summed E-state index contributed by atoms with van der Waals surface area (Å²) in [5, 5.41) is 0. The molecule has 0 aliphatic heterocycles. The van der Waals surface area contributed by atoms with Crippen LogP contribution >= 0.6 is 12.4 Å². The van der Waals surface area contributed by atoms with Crippen molar-refractivity contribution in [3.63, 3.8) is 0 Å². The van der Waals surface area contributed by atoms with Gasteiger partial charge in [-0.2, -0.15) is 0 Å². The van der Waals surface area contributed by atoms with Crippen molar-refractivity contribution in [3.05, 3.63) is 0 Å². The van der Waals surface area contributed by atoms with Gasteiger partial charge in [0, 0.05) is 0 Å². The van der Waals surface area contributed by atoms with Crippen LogP contribution in [-0.4, -0.2) is 18.6 Å². The quantitative estimate of drug-likeness (QED) is 0.473. The van der Waals surface area contributed by atoms with Crippen molar-refractivity contribution in [2.45, 2.75) is 37.6 Å². The maximum absolute atomic E-state index is 2.25. The molecule has 0 aliphatic carbocycles. The molecule has 0 spiro atoms. The molecule has 2 radical (unpaired) electrons. The van der Waals surface area contributed by atoms with Crippen LogP contribution in [0, 0.1) is 0 Å². The van der Waals surface area contributed by atoms with E-state index >= 15 is 0 Å². The van der Waals surface area contributed by atoms with E-state index in [1.165, 1.54) is 30.7 Å². The fourth-order valence-electron chi connectivity index (χ4n) is 0.571. The third-order valence-corrected chi connectivity index (χ3v) is 1.91. The Bertz CT molecular complexity index is 27.7. The molecule has 0 aromatic heterocycles. The SMILES string of the molecule is CCCCC[CH2][Ga].Cl. The van der Waals surface area contributed by atoms with Crippen molar-refractivity contribution >= 4 is 31.0 Å². The summed E-state index contributed by atoms with van der Waals surface area (Å²) in [6.07, 6.45) is 5.71. The summed E-state index contributed by atoms with van der Waals surface area (Å²) in [5.74, 6) is 0. The predicted molar refractivity (Wildman–Crippen MR) is 42.0 cm³/mol. The molecule has 0 atom stereocenters. The molecule has 0 aromatic rings. The third-order valence-electron chi connectivity index (χ3n) is 1.06. The van der Waals surface area contributed by atoms with Gasteiger partial charge in [-0.1, -0.05) is 0 Å². The van der Waals surface area contributed by atoms with Gasteiger partial charge < -0.3 is 0 Å². The Morgan fingerprint density at radius 3 is 2.12 bits per heavy atom. The van der Waals surface area contributed by atoms with Gasteiger partial charge in [0.15, 0.2) is 0 Å². The van der Waals surface area contributed by atoms with E-state index in [1.54, 1.807) is 0 Å². The van der Waals surface area contributed by atoms with Gasteiger partial charge in [0.2, 0.25) is 0 Å². The van der Waals surface area contributed by atoms with Crippen LogP contribution in [0.15, 0.2) is 0 Å². The summed E-state index contributed by atoms with van der Waals surface area (Å²) in [5.41, 5.74) is 0. The van der Waals surface area contributed by atoms with E-state index in [0.29, 0.717) is 0 Å². The molecule has 48 valence electrons. The molecule has 0 nitrogen and oxygen atoms in total. The van der Waals surface area contributed by atoms with E-state index in [2.05, 4.69) is 6.92 Å². The second-order valence-corrected chi connectivity index (χ2v) is 3.06. The number of hydrogen-bond acceptors (Lipinski definition) is 0. The van der Waals surface area contributed by atoms with Crippen LogP contribution in [-0.2, 0) is 0 Å². The van der Waals surface area contributed by atoms with Crippen LogP contribution in [0.5, 0.6) is 0 Å². The van der Waals surface area contributed by atoms with Crippen molar-refractivity contribution in [2.75, 3.05) is 0 Å². The van der Waals surface area contributed by atoms with E-state index in [9.17, 15) is 0 Å². The second kappa shape index (κ2) is 10.8. The normalized spacial score (nSPS) is 8.12. The first kappa shape index (κ1) is 11.7. The van der Waals surface area contributed by atoms with E-state index in [1.807, 2.05) is 18.6 Å². The molecular weight excluding hydrogens is 177 g/mol. The number of unbranched alkanes of at least 4 members (excludes halogenated alkanes) is 3. The molecule has 0 amide bonds. The van der Waals surface area contributed by atoms with Crippen LogP contribution < -0.4 is 0 Å². The summed E-state index contributed by atoms with van der Waals surface area (Å²) in [7, 11) is 0. The molecule has 0 bridgehead atoms. The molecule has 0 fully saturated rings. The molecule has 0 N–H and O–H groups in total. The maximum atomic E-state index is 2.25. The molecule has 0 heterocycles. The smallest absolute Gasteiger partial charge is 0.147 e. The second-order valence-electron chi connectivity index (χ2n) is 1.85. The van der Waals surface area contributed by atoms with Crippen molar-refractivity contribution in [2.24, 2.45) is 0 Å². The van der Waals surface area contributed by atoms with Crippen molar-refractivity contribution in [3.8, 4) is 0 Å². The summed E-state index contributed by atoms with van der Waals surface area (Å²) in [4.78, 5) is 1.42. The van der Waals surface area contributed by atoms with Crippen molar-refractivity contribution < 1.29 is 0 Å². The topological polar surface area (TPSA) is 0 Å². The van der Waals surface area contributed by atoms with Gasteiger partial charge in [-0.15, -0.1) is 12.4 Å². The largest absolute Gasteiger partial charge is 0.147 e. The van der Waals surface area contributed by atoms with Crippen LogP contribution in [0.2, 0.25) is 4.98 Å². The zero-order valence-corrected chi connectivity index (χ0v) is 8.76. The molecule has 2 heteroatoms. The summed E-state index contributed by atoms with van der Waals surface area (Å²) in [6.45, 7) is 2.25. The van der Waals surface area contributed by atoms with Gasteiger partial charge in [-0.3, -0.25) is 0 Å². The minimum absolute atomic E-state index is 0. The monoisotopic (exact) mass is 190 g/mol. The van der Waals surface area contributed by atoms with Gasteiger partial charge in [-0.05, 0) is 0 Å². The van der Waals surface area contributed by atoms with Crippen LogP contribution in [0.3, 0.4) is 0 Å². The van der Waals surface area contributed by atoms with Crippen molar-refractivity contribution in [1.82, 2.24) is 0 Å². The van der Waals surface area contributed by atoms with Crippen molar-refractivity contribution in [1.29, 1.82) is 0 Å². The van der Waals surface area contributed by atoms with E-state index < -0.39 is 0 Å². The Balaban J connectivity index is 0. The average molecular weight is 191 g/mol. The van der Waals surface area contributed by atoms with Gasteiger partial charge >= 0.3 is 56.2 Å². The van der Waals surface area contributed by atoms with E-state index in [-0.39, 0.29) is 12.4 Å². The Hall–Kier alpha value is 0.926. The molecular formula is C6H14ClGa. The molecule has 0 aromatic carbocycles. The molecule has 0 saturated carbocycles. The number of rotatable bonds is 4. The fraction of sp³-hybridized carbons (Fsp3) is 1.00. The summed E-state index contributed by atoms with van der Waals surface area (Å²) in [6, 6.07) is 0. The minimum atomic E-state index is 0. The van der Waals surface area contributed by atoms with E-state index in [4.69, 9.17) is 0 Å². The number of halogens is 1. The molecule has 0 rings (SSSR count). The predicted octanol–water partition coefficient (Wildman–Crippen LogP) is 2.58. The van der Waals surface area contributed by atoms with Crippen LogP contribution in [0.4, 0.5) is 0 Å². The molecule has 8 heavy (non-hydrogen) atoms. The summed E-state index contributed by atoms with van der Waals surface area (Å²) < 4.78 is 0. The summed E-state index contributed by atoms with van der Waals surface area (Å²) >= 11 is 1.87. The third kappa shape index (κ3) is 10.0. The molecule has 0 unspecified atom stereocenters. The standard InChI is InChI=1S/C6H13.ClH.Ga/c1-3-5-6-4-2;;/h1,3-6H2,2H3;1H;. The first-order valence-electron chi connectivity index (χ1n) is 3.12. The van der Waals surface area contributed by atoms with Gasteiger partial charge in [-0.25, -0.2) is 0 Å². The van der Waals surface area contributed by atoms with Crippen LogP contribution in [0.25, 0.3) is 0 Å².